The Bertz CT molecular complexity index is 260. The highest BCUT2D eigenvalue weighted by molar-refractivity contribution is 5.79. The van der Waals surface area contributed by atoms with Gasteiger partial charge in [0.05, 0.1) is 6.21 Å². The molecular weight excluding hydrogens is 145 g/mol. The van der Waals surface area contributed by atoms with E-state index in [2.05, 4.69) is 16.1 Å². The zero-order valence-corrected chi connectivity index (χ0v) is 6.04. The molecule has 0 amide bonds. The molecule has 0 spiro atoms. The first kappa shape index (κ1) is 7.72. The summed E-state index contributed by atoms with van der Waals surface area (Å²) in [7, 11) is 1.41. The van der Waals surface area contributed by atoms with Crippen LogP contribution in [0.2, 0.25) is 0 Å². The van der Waals surface area contributed by atoms with Gasteiger partial charge in [-0.3, -0.25) is 0 Å². The number of oxime groups is 1. The van der Waals surface area contributed by atoms with Crippen LogP contribution in [0.5, 0.6) is 0 Å². The maximum absolute atomic E-state index is 12.7. The molecule has 0 unspecified atom stereocenters. The van der Waals surface area contributed by atoms with Crippen molar-refractivity contribution in [2.75, 3.05) is 7.11 Å². The SMILES string of the molecule is CO/N=C/c1cc[c]cc1F. The standard InChI is InChI=1S/C8H7FNO/c1-11-10-6-7-4-2-3-5-8(7)9/h2,4-6H,1H3/b10-6+. The van der Waals surface area contributed by atoms with E-state index in [0.29, 0.717) is 5.56 Å². The highest BCUT2D eigenvalue weighted by atomic mass is 19.1. The fourth-order valence-electron chi connectivity index (χ4n) is 0.636. The number of nitrogens with zero attached hydrogens (tertiary/aromatic N) is 1. The van der Waals surface area contributed by atoms with Crippen molar-refractivity contribution in [3.8, 4) is 0 Å². The molecule has 0 N–H and O–H groups in total. The van der Waals surface area contributed by atoms with Crippen LogP contribution in [-0.2, 0) is 4.84 Å². The predicted molar refractivity (Wildman–Crippen MR) is 39.8 cm³/mol. The Kier molecular flexibility index (Phi) is 2.60. The van der Waals surface area contributed by atoms with Gasteiger partial charge in [0.2, 0.25) is 0 Å². The Labute approximate surface area is 64.3 Å². The maximum Gasteiger partial charge on any atom is 0.132 e. The average Bonchev–Trinajstić information content (AvgIpc) is 2.03. The minimum absolute atomic E-state index is 0.353. The maximum atomic E-state index is 12.7. The van der Waals surface area contributed by atoms with E-state index in [1.165, 1.54) is 19.4 Å². The Morgan fingerprint density at radius 1 is 1.73 bits per heavy atom. The van der Waals surface area contributed by atoms with Crippen LogP contribution >= 0.6 is 0 Å². The molecule has 0 aliphatic heterocycles. The van der Waals surface area contributed by atoms with Crippen LogP contribution in [0.4, 0.5) is 4.39 Å². The van der Waals surface area contributed by atoms with Crippen molar-refractivity contribution in [1.29, 1.82) is 0 Å². The zero-order chi connectivity index (χ0) is 8.10. The smallest absolute Gasteiger partial charge is 0.132 e. The van der Waals surface area contributed by atoms with Gasteiger partial charge in [-0.25, -0.2) is 4.39 Å². The van der Waals surface area contributed by atoms with Crippen molar-refractivity contribution < 1.29 is 9.23 Å². The summed E-state index contributed by atoms with van der Waals surface area (Å²) in [4.78, 5) is 4.39. The van der Waals surface area contributed by atoms with Gasteiger partial charge >= 0.3 is 0 Å². The third-order valence-corrected chi connectivity index (χ3v) is 1.14. The molecule has 0 saturated carbocycles. The lowest BCUT2D eigenvalue weighted by Gasteiger charge is -1.92. The summed E-state index contributed by atoms with van der Waals surface area (Å²) in [6.45, 7) is 0. The predicted octanol–water partition coefficient (Wildman–Crippen LogP) is 1.61. The number of hydrogen-bond acceptors (Lipinski definition) is 2. The van der Waals surface area contributed by atoms with Crippen LogP contribution in [0.15, 0.2) is 23.4 Å². The zero-order valence-electron chi connectivity index (χ0n) is 6.04. The molecule has 0 saturated heterocycles. The van der Waals surface area contributed by atoms with E-state index in [0.717, 1.165) is 0 Å². The van der Waals surface area contributed by atoms with E-state index in [-0.39, 0.29) is 5.82 Å². The summed E-state index contributed by atoms with van der Waals surface area (Å²) in [5, 5.41) is 3.42. The topological polar surface area (TPSA) is 21.6 Å². The van der Waals surface area contributed by atoms with E-state index >= 15 is 0 Å². The van der Waals surface area contributed by atoms with Gasteiger partial charge in [-0.05, 0) is 18.2 Å². The van der Waals surface area contributed by atoms with E-state index in [9.17, 15) is 4.39 Å². The van der Waals surface area contributed by atoms with Crippen LogP contribution in [-0.4, -0.2) is 13.3 Å². The van der Waals surface area contributed by atoms with Gasteiger partial charge in [0.25, 0.3) is 0 Å². The molecule has 0 heterocycles. The Balaban J connectivity index is 2.86. The normalized spacial score (nSPS) is 10.4. The van der Waals surface area contributed by atoms with Crippen molar-refractivity contribution in [3.63, 3.8) is 0 Å². The lowest BCUT2D eigenvalue weighted by molar-refractivity contribution is 0.215. The van der Waals surface area contributed by atoms with Crippen LogP contribution in [0.1, 0.15) is 5.56 Å². The first-order valence-corrected chi connectivity index (χ1v) is 3.06. The summed E-state index contributed by atoms with van der Waals surface area (Å²) in [5.74, 6) is -0.353. The molecule has 1 rings (SSSR count). The molecule has 0 aliphatic rings. The molecule has 0 aliphatic carbocycles. The molecular formula is C8H7FNO. The van der Waals surface area contributed by atoms with Crippen molar-refractivity contribution in [2.24, 2.45) is 5.16 Å². The van der Waals surface area contributed by atoms with Crippen molar-refractivity contribution >= 4 is 6.21 Å². The Hall–Kier alpha value is -1.38. The van der Waals surface area contributed by atoms with Crippen LogP contribution in [0.25, 0.3) is 0 Å². The fraction of sp³-hybridized carbons (Fsp3) is 0.125. The summed E-state index contributed by atoms with van der Waals surface area (Å²) in [6, 6.07) is 7.03. The minimum atomic E-state index is -0.353. The lowest BCUT2D eigenvalue weighted by Crippen LogP contribution is -1.86. The van der Waals surface area contributed by atoms with Crippen molar-refractivity contribution in [1.82, 2.24) is 0 Å². The van der Waals surface area contributed by atoms with E-state index < -0.39 is 0 Å². The number of halogens is 1. The summed E-state index contributed by atoms with van der Waals surface area (Å²) >= 11 is 0. The lowest BCUT2D eigenvalue weighted by atomic mass is 10.2. The number of hydrogen-bond donors (Lipinski definition) is 0. The molecule has 1 aromatic rings. The van der Waals surface area contributed by atoms with Gasteiger partial charge in [0.15, 0.2) is 0 Å². The van der Waals surface area contributed by atoms with E-state index in [1.807, 2.05) is 0 Å². The van der Waals surface area contributed by atoms with Crippen molar-refractivity contribution in [2.45, 2.75) is 0 Å². The Morgan fingerprint density at radius 3 is 3.18 bits per heavy atom. The number of rotatable bonds is 2. The van der Waals surface area contributed by atoms with Gasteiger partial charge in [-0.1, -0.05) is 11.2 Å². The fourth-order valence-corrected chi connectivity index (χ4v) is 0.636. The molecule has 1 aromatic carbocycles. The molecule has 1 radical (unpaired) electrons. The average molecular weight is 152 g/mol. The molecule has 3 heteroatoms. The molecule has 11 heavy (non-hydrogen) atoms. The van der Waals surface area contributed by atoms with Gasteiger partial charge in [0.1, 0.15) is 12.9 Å². The van der Waals surface area contributed by atoms with E-state index in [1.54, 1.807) is 12.1 Å². The van der Waals surface area contributed by atoms with E-state index in [4.69, 9.17) is 0 Å². The van der Waals surface area contributed by atoms with Crippen LogP contribution in [0.3, 0.4) is 0 Å². The van der Waals surface area contributed by atoms with Crippen LogP contribution < -0.4 is 0 Å². The molecule has 0 atom stereocenters. The quantitative estimate of drug-likeness (QED) is 0.466. The highest BCUT2D eigenvalue weighted by Crippen LogP contribution is 2.01. The number of benzene rings is 1. The van der Waals surface area contributed by atoms with Crippen LogP contribution in [0, 0.1) is 11.9 Å². The highest BCUT2D eigenvalue weighted by Gasteiger charge is 1.94. The second-order valence-corrected chi connectivity index (χ2v) is 1.86. The first-order chi connectivity index (χ1) is 5.34. The molecule has 57 valence electrons. The molecule has 2 nitrogen and oxygen atoms in total. The largest absolute Gasteiger partial charge is 0.399 e. The van der Waals surface area contributed by atoms with Gasteiger partial charge < -0.3 is 4.84 Å². The monoisotopic (exact) mass is 152 g/mol. The third-order valence-electron chi connectivity index (χ3n) is 1.14. The molecule has 0 fully saturated rings. The molecule has 0 aromatic heterocycles. The second-order valence-electron chi connectivity index (χ2n) is 1.86. The summed E-state index contributed by atoms with van der Waals surface area (Å²) in [5.41, 5.74) is 0.394. The molecule has 0 bridgehead atoms. The van der Waals surface area contributed by atoms with Gasteiger partial charge in [0, 0.05) is 5.56 Å². The van der Waals surface area contributed by atoms with Gasteiger partial charge in [-0.15, -0.1) is 0 Å². The third kappa shape index (κ3) is 2.04. The van der Waals surface area contributed by atoms with Gasteiger partial charge in [-0.2, -0.15) is 0 Å². The Morgan fingerprint density at radius 2 is 2.55 bits per heavy atom. The second kappa shape index (κ2) is 3.71. The minimum Gasteiger partial charge on any atom is -0.399 e. The summed E-state index contributed by atoms with van der Waals surface area (Å²) in [6.07, 6.45) is 1.31. The van der Waals surface area contributed by atoms with Crippen molar-refractivity contribution in [3.05, 3.63) is 35.6 Å². The first-order valence-electron chi connectivity index (χ1n) is 3.06. The summed E-state index contributed by atoms with van der Waals surface area (Å²) < 4.78 is 12.7.